The van der Waals surface area contributed by atoms with E-state index in [1.165, 1.54) is 11.1 Å². The minimum absolute atomic E-state index is 0.147. The first-order valence-electron chi connectivity index (χ1n) is 10.6. The second-order valence-corrected chi connectivity index (χ2v) is 8.47. The summed E-state index contributed by atoms with van der Waals surface area (Å²) >= 11 is 12.0. The number of nitrogens with one attached hydrogen (secondary N) is 3. The van der Waals surface area contributed by atoms with Crippen molar-refractivity contribution in [1.82, 2.24) is 25.4 Å². The van der Waals surface area contributed by atoms with E-state index >= 15 is 0 Å². The number of pyridine rings is 1. The predicted octanol–water partition coefficient (Wildman–Crippen LogP) is 2.73. The number of anilines is 2. The molecule has 37 heavy (non-hydrogen) atoms. The number of halogens is 4. The van der Waals surface area contributed by atoms with Crippen molar-refractivity contribution in [3.8, 4) is 5.75 Å². The van der Waals surface area contributed by atoms with Crippen LogP contribution in [0.2, 0.25) is 5.15 Å². The summed E-state index contributed by atoms with van der Waals surface area (Å²) in [5.41, 5.74) is 1.70. The fourth-order valence-corrected chi connectivity index (χ4v) is 3.65. The van der Waals surface area contributed by atoms with Crippen molar-refractivity contribution in [3.63, 3.8) is 0 Å². The molecule has 1 amide bonds. The highest BCUT2D eigenvalue weighted by Crippen LogP contribution is 2.32. The Hall–Kier alpha value is -4.04. The standard InChI is InChI=1S/C21H19Cl2F2N9O3/c22-15-9-28-18(29-11-21(24,25)17-14(35)2-1-7-26-17)19(37)33(15)10-16(36)27-8-12-3-5-13(6-4-12)34-20(23)30-31-32-34/h1-7,9,20,35H,8,10-11H2,(H,27,36)(H,28,29)(H,30,32). The molecule has 1 atom stereocenters. The molecule has 3 aromatic rings. The average molecular weight is 554 g/mol. The van der Waals surface area contributed by atoms with E-state index in [1.807, 2.05) is 0 Å². The Labute approximate surface area is 217 Å². The molecular weight excluding hydrogens is 535 g/mol. The van der Waals surface area contributed by atoms with E-state index in [1.54, 1.807) is 24.3 Å². The fourth-order valence-electron chi connectivity index (χ4n) is 3.27. The minimum atomic E-state index is -3.62. The fraction of sp³-hybridized carbons (Fsp3) is 0.238. The van der Waals surface area contributed by atoms with Crippen molar-refractivity contribution in [1.29, 1.82) is 0 Å². The number of carbonyl (C=O) groups is 1. The molecule has 3 heterocycles. The van der Waals surface area contributed by atoms with Gasteiger partial charge >= 0.3 is 5.92 Å². The van der Waals surface area contributed by atoms with Crippen LogP contribution in [0.25, 0.3) is 0 Å². The highest BCUT2D eigenvalue weighted by molar-refractivity contribution is 6.29. The third kappa shape index (κ3) is 6.03. The third-order valence-corrected chi connectivity index (χ3v) is 5.73. The zero-order chi connectivity index (χ0) is 26.6. The van der Waals surface area contributed by atoms with E-state index in [4.69, 9.17) is 23.2 Å². The topological polar surface area (TPSA) is 149 Å². The maximum absolute atomic E-state index is 14.5. The largest absolute Gasteiger partial charge is 0.506 e. The van der Waals surface area contributed by atoms with Gasteiger partial charge in [-0.3, -0.25) is 19.1 Å². The van der Waals surface area contributed by atoms with Crippen LogP contribution >= 0.6 is 23.2 Å². The van der Waals surface area contributed by atoms with E-state index in [-0.39, 0.29) is 11.7 Å². The smallest absolute Gasteiger partial charge is 0.310 e. The van der Waals surface area contributed by atoms with Crippen LogP contribution in [0.4, 0.5) is 20.3 Å². The molecule has 4 rings (SSSR count). The molecule has 0 saturated heterocycles. The van der Waals surface area contributed by atoms with Gasteiger partial charge in [0.05, 0.1) is 18.4 Å². The number of hydrazine groups is 1. The van der Waals surface area contributed by atoms with E-state index in [2.05, 4.69) is 36.5 Å². The Morgan fingerprint density at radius 1 is 1.22 bits per heavy atom. The summed E-state index contributed by atoms with van der Waals surface area (Å²) in [6.45, 7) is -1.41. The highest BCUT2D eigenvalue weighted by Gasteiger charge is 2.36. The van der Waals surface area contributed by atoms with Crippen molar-refractivity contribution in [2.24, 2.45) is 10.3 Å². The monoisotopic (exact) mass is 553 g/mol. The van der Waals surface area contributed by atoms with Crippen LogP contribution in [0.15, 0.2) is 63.9 Å². The normalized spacial score (nSPS) is 14.9. The summed E-state index contributed by atoms with van der Waals surface area (Å²) in [6.07, 6.45) is 2.17. The molecule has 1 aromatic carbocycles. The first kappa shape index (κ1) is 26.0. The van der Waals surface area contributed by atoms with Crippen LogP contribution in [0.3, 0.4) is 0 Å². The molecular formula is C21H19Cl2F2N9O3. The minimum Gasteiger partial charge on any atom is -0.506 e. The number of aromatic nitrogens is 3. The first-order chi connectivity index (χ1) is 17.7. The molecule has 2 aromatic heterocycles. The van der Waals surface area contributed by atoms with Crippen LogP contribution in [0, 0.1) is 0 Å². The number of alkyl halides is 3. The van der Waals surface area contributed by atoms with Gasteiger partial charge in [0.1, 0.15) is 17.4 Å². The van der Waals surface area contributed by atoms with Crippen LogP contribution in [0.1, 0.15) is 11.3 Å². The lowest BCUT2D eigenvalue weighted by Crippen LogP contribution is -2.35. The Morgan fingerprint density at radius 3 is 2.65 bits per heavy atom. The van der Waals surface area contributed by atoms with Gasteiger partial charge in [-0.05, 0) is 29.8 Å². The second kappa shape index (κ2) is 10.9. The SMILES string of the molecule is O=C(Cn1c(Cl)cnc(NCC(F)(F)c2ncccc2O)c1=O)NCc1ccc(N2NN=NC2Cl)cc1. The molecule has 12 nitrogen and oxygen atoms in total. The number of nitrogens with zero attached hydrogens (tertiary/aromatic N) is 6. The number of carbonyl (C=O) groups excluding carboxylic acids is 1. The molecule has 1 unspecified atom stereocenters. The summed E-state index contributed by atoms with van der Waals surface area (Å²) in [7, 11) is 0. The van der Waals surface area contributed by atoms with Crippen molar-refractivity contribution in [2.75, 3.05) is 16.9 Å². The van der Waals surface area contributed by atoms with Gasteiger partial charge in [-0.25, -0.2) is 9.99 Å². The van der Waals surface area contributed by atoms with E-state index in [9.17, 15) is 23.5 Å². The van der Waals surface area contributed by atoms with Crippen LogP contribution < -0.4 is 26.7 Å². The summed E-state index contributed by atoms with van der Waals surface area (Å²) in [4.78, 5) is 32.5. The lowest BCUT2D eigenvalue weighted by atomic mass is 10.2. The lowest BCUT2D eigenvalue weighted by Gasteiger charge is -2.18. The average Bonchev–Trinajstić information content (AvgIpc) is 3.31. The van der Waals surface area contributed by atoms with Crippen molar-refractivity contribution in [2.45, 2.75) is 24.6 Å². The number of rotatable bonds is 9. The lowest BCUT2D eigenvalue weighted by molar-refractivity contribution is -0.121. The summed E-state index contributed by atoms with van der Waals surface area (Å²) < 4.78 is 29.9. The molecule has 4 N–H and O–H groups in total. The summed E-state index contributed by atoms with van der Waals surface area (Å²) in [6, 6.07) is 9.39. The van der Waals surface area contributed by atoms with E-state index in [0.717, 1.165) is 28.6 Å². The van der Waals surface area contributed by atoms with Crippen molar-refractivity contribution >= 4 is 40.6 Å². The maximum atomic E-state index is 14.5. The van der Waals surface area contributed by atoms with Crippen molar-refractivity contribution < 1.29 is 18.7 Å². The van der Waals surface area contributed by atoms with Crippen LogP contribution in [-0.4, -0.2) is 37.7 Å². The molecule has 1 aliphatic heterocycles. The van der Waals surface area contributed by atoms with E-state index in [0.29, 0.717) is 5.69 Å². The van der Waals surface area contributed by atoms with Gasteiger partial charge in [-0.2, -0.15) is 14.3 Å². The molecule has 0 radical (unpaired) electrons. The first-order valence-corrected chi connectivity index (χ1v) is 11.4. The van der Waals surface area contributed by atoms with Crippen molar-refractivity contribution in [3.05, 3.63) is 75.6 Å². The molecule has 1 aliphatic rings. The second-order valence-electron chi connectivity index (χ2n) is 7.69. The number of aromatic hydroxyl groups is 1. The van der Waals surface area contributed by atoms with Crippen LogP contribution in [0.5, 0.6) is 5.75 Å². The van der Waals surface area contributed by atoms with Gasteiger partial charge < -0.3 is 15.7 Å². The molecule has 0 bridgehead atoms. The summed E-state index contributed by atoms with van der Waals surface area (Å²) in [5, 5.41) is 23.3. The molecule has 0 saturated carbocycles. The van der Waals surface area contributed by atoms with Gasteiger partial charge in [-0.15, -0.1) is 5.11 Å². The van der Waals surface area contributed by atoms with E-state index < -0.39 is 53.4 Å². The Morgan fingerprint density at radius 2 is 1.97 bits per heavy atom. The zero-order valence-electron chi connectivity index (χ0n) is 18.8. The van der Waals surface area contributed by atoms with Gasteiger partial charge in [0, 0.05) is 12.7 Å². The number of hydrogen-bond acceptors (Lipinski definition) is 10. The number of amides is 1. The van der Waals surface area contributed by atoms with Gasteiger partial charge in [0.25, 0.3) is 5.56 Å². The molecule has 0 spiro atoms. The predicted molar refractivity (Wildman–Crippen MR) is 130 cm³/mol. The quantitative estimate of drug-likeness (QED) is 0.233. The molecule has 0 aliphatic carbocycles. The molecule has 0 fully saturated rings. The van der Waals surface area contributed by atoms with Gasteiger partial charge in [0.15, 0.2) is 11.5 Å². The third-order valence-electron chi connectivity index (χ3n) is 5.14. The summed E-state index contributed by atoms with van der Waals surface area (Å²) in [5.74, 6) is -5.30. The van der Waals surface area contributed by atoms with Gasteiger partial charge in [-0.1, -0.05) is 40.6 Å². The highest BCUT2D eigenvalue weighted by atomic mass is 35.5. The number of benzene rings is 1. The Bertz CT molecular complexity index is 1370. The molecule has 194 valence electrons. The van der Waals surface area contributed by atoms with Gasteiger partial charge in [0.2, 0.25) is 11.5 Å². The Balaban J connectivity index is 1.37. The zero-order valence-corrected chi connectivity index (χ0v) is 20.3. The van der Waals surface area contributed by atoms with Crippen LogP contribution in [-0.2, 0) is 23.8 Å². The Kier molecular flexibility index (Phi) is 7.69. The number of hydrogen-bond donors (Lipinski definition) is 4. The molecule has 16 heteroatoms. The maximum Gasteiger partial charge on any atom is 0.310 e.